The molecule has 49 heavy (non-hydrogen) atoms. The Balaban J connectivity index is 1.17. The van der Waals surface area contributed by atoms with E-state index in [9.17, 15) is 0 Å². The summed E-state index contributed by atoms with van der Waals surface area (Å²) in [6.07, 6.45) is 3.93. The van der Waals surface area contributed by atoms with E-state index in [4.69, 9.17) is 24.4 Å². The lowest BCUT2D eigenvalue weighted by Gasteiger charge is -2.41. The Morgan fingerprint density at radius 1 is 0.571 bits per heavy atom. The average molecular weight is 649 g/mol. The Bertz CT molecular complexity index is 2360. The van der Waals surface area contributed by atoms with E-state index in [1.807, 2.05) is 12.4 Å². The van der Waals surface area contributed by atoms with Crippen LogP contribution in [0.3, 0.4) is 0 Å². The topological polar surface area (TPSA) is 70.1 Å². The lowest BCUT2D eigenvalue weighted by atomic mass is 9.83. The predicted octanol–water partition coefficient (Wildman–Crippen LogP) is 10.5. The first-order valence-corrected chi connectivity index (χ1v) is 17.1. The van der Waals surface area contributed by atoms with Gasteiger partial charge in [-0.15, -0.1) is 0 Å². The van der Waals surface area contributed by atoms with Crippen molar-refractivity contribution < 1.29 is 4.42 Å². The summed E-state index contributed by atoms with van der Waals surface area (Å²) < 4.78 is 6.63. The molecule has 0 aliphatic carbocycles. The highest BCUT2D eigenvalue weighted by Crippen LogP contribution is 2.44. The van der Waals surface area contributed by atoms with E-state index >= 15 is 0 Å². The Hall–Kier alpha value is -5.04. The van der Waals surface area contributed by atoms with Crippen LogP contribution in [-0.2, 0) is 0 Å². The van der Waals surface area contributed by atoms with E-state index in [1.54, 1.807) is 0 Å². The molecule has 2 aliphatic rings. The third kappa shape index (κ3) is 4.47. The first-order valence-electron chi connectivity index (χ1n) is 17.1. The smallest absolute Gasteiger partial charge is 0.136 e. The Kier molecular flexibility index (Phi) is 6.53. The average Bonchev–Trinajstić information content (AvgIpc) is 3.55. The number of aliphatic imine (C=N–C) groups is 2. The predicted molar refractivity (Wildman–Crippen MR) is 205 cm³/mol. The standard InChI is InChI=1S/C42H44N6O/c1-25-45-39(3,4)41(7,8)47(25)29-17-19-34(43-24-29)33-22-36-38(31-14-12-11-13-30(31)33)32-18-15-27(21-35(32)49-36)28-16-20-37(44-23-28)48-26(2)46-40(5,6)42(48,9)10/h11-24H,1-10H3. The molecule has 0 fully saturated rings. The van der Waals surface area contributed by atoms with E-state index < -0.39 is 0 Å². The highest BCUT2D eigenvalue weighted by atomic mass is 16.3. The van der Waals surface area contributed by atoms with Gasteiger partial charge in [0.2, 0.25) is 0 Å². The van der Waals surface area contributed by atoms with E-state index in [1.165, 1.54) is 0 Å². The molecule has 8 rings (SSSR count). The van der Waals surface area contributed by atoms with Gasteiger partial charge in [0.25, 0.3) is 0 Å². The number of anilines is 2. The molecular weight excluding hydrogens is 605 g/mol. The largest absolute Gasteiger partial charge is 0.456 e. The van der Waals surface area contributed by atoms with E-state index in [0.717, 1.165) is 78.3 Å². The summed E-state index contributed by atoms with van der Waals surface area (Å²) in [7, 11) is 0. The number of hydrogen-bond donors (Lipinski definition) is 0. The van der Waals surface area contributed by atoms with Crippen molar-refractivity contribution in [3.8, 4) is 22.4 Å². The third-order valence-electron chi connectivity index (χ3n) is 11.7. The Morgan fingerprint density at radius 3 is 1.82 bits per heavy atom. The second-order valence-corrected chi connectivity index (χ2v) is 15.7. The summed E-state index contributed by atoms with van der Waals surface area (Å²) in [6.45, 7) is 21.8. The van der Waals surface area contributed by atoms with Crippen LogP contribution in [0.25, 0.3) is 55.1 Å². The minimum absolute atomic E-state index is 0.174. The molecule has 2 aliphatic heterocycles. The van der Waals surface area contributed by atoms with Crippen molar-refractivity contribution in [1.82, 2.24) is 9.97 Å². The van der Waals surface area contributed by atoms with Crippen molar-refractivity contribution in [2.24, 2.45) is 9.98 Å². The van der Waals surface area contributed by atoms with Gasteiger partial charge < -0.3 is 14.2 Å². The van der Waals surface area contributed by atoms with Gasteiger partial charge >= 0.3 is 0 Å². The first-order chi connectivity index (χ1) is 23.1. The fourth-order valence-corrected chi connectivity index (χ4v) is 7.90. The van der Waals surface area contributed by atoms with Gasteiger partial charge in [0, 0.05) is 28.1 Å². The van der Waals surface area contributed by atoms with Gasteiger partial charge in [-0.2, -0.15) is 0 Å². The number of rotatable bonds is 4. The van der Waals surface area contributed by atoms with Gasteiger partial charge in [0.05, 0.1) is 39.7 Å². The molecule has 0 unspecified atom stereocenters. The molecule has 3 aromatic heterocycles. The maximum absolute atomic E-state index is 6.63. The Morgan fingerprint density at radius 2 is 1.22 bits per heavy atom. The van der Waals surface area contributed by atoms with Crippen LogP contribution in [0.5, 0.6) is 0 Å². The zero-order chi connectivity index (χ0) is 34.7. The number of aromatic nitrogens is 2. The second kappa shape index (κ2) is 10.2. The maximum Gasteiger partial charge on any atom is 0.136 e. The van der Waals surface area contributed by atoms with Gasteiger partial charge in [0.1, 0.15) is 28.7 Å². The molecule has 5 heterocycles. The molecule has 0 atom stereocenters. The van der Waals surface area contributed by atoms with Gasteiger partial charge in [0.15, 0.2) is 0 Å². The first kappa shape index (κ1) is 31.2. The monoisotopic (exact) mass is 648 g/mol. The van der Waals surface area contributed by atoms with E-state index in [2.05, 4.69) is 152 Å². The number of amidine groups is 2. The number of benzene rings is 3. The van der Waals surface area contributed by atoms with Crippen LogP contribution in [-0.4, -0.2) is 43.8 Å². The van der Waals surface area contributed by atoms with Crippen LogP contribution < -0.4 is 9.80 Å². The van der Waals surface area contributed by atoms with Crippen molar-refractivity contribution in [2.45, 2.75) is 91.4 Å². The summed E-state index contributed by atoms with van der Waals surface area (Å²) in [5.74, 6) is 2.90. The molecule has 0 radical (unpaired) electrons. The number of nitrogens with zero attached hydrogens (tertiary/aromatic N) is 6. The highest BCUT2D eigenvalue weighted by Gasteiger charge is 2.49. The van der Waals surface area contributed by atoms with Crippen LogP contribution in [0.2, 0.25) is 0 Å². The third-order valence-corrected chi connectivity index (χ3v) is 11.7. The summed E-state index contributed by atoms with van der Waals surface area (Å²) in [5, 5.41) is 4.51. The fourth-order valence-electron chi connectivity index (χ4n) is 7.90. The lowest BCUT2D eigenvalue weighted by molar-refractivity contribution is 0.337. The summed E-state index contributed by atoms with van der Waals surface area (Å²) in [6, 6.07) is 25.7. The van der Waals surface area contributed by atoms with Crippen LogP contribution in [0.15, 0.2) is 99.6 Å². The molecule has 6 aromatic rings. The highest BCUT2D eigenvalue weighted by molar-refractivity contribution is 6.22. The van der Waals surface area contributed by atoms with Crippen molar-refractivity contribution in [3.63, 3.8) is 0 Å². The molecule has 0 amide bonds. The normalized spacial score (nSPS) is 19.2. The molecule has 248 valence electrons. The van der Waals surface area contributed by atoms with E-state index in [0.29, 0.717) is 0 Å². The molecule has 7 nitrogen and oxygen atoms in total. The fraction of sp³-hybridized carbons (Fsp3) is 0.333. The number of pyridine rings is 2. The summed E-state index contributed by atoms with van der Waals surface area (Å²) in [5.41, 5.74) is 6.03. The van der Waals surface area contributed by atoms with Crippen molar-refractivity contribution >= 4 is 55.9 Å². The minimum atomic E-state index is -0.204. The van der Waals surface area contributed by atoms with Gasteiger partial charge in [-0.1, -0.05) is 30.3 Å². The molecule has 0 saturated heterocycles. The van der Waals surface area contributed by atoms with Crippen LogP contribution in [0.4, 0.5) is 11.5 Å². The number of hydrogen-bond acceptors (Lipinski definition) is 7. The summed E-state index contributed by atoms with van der Waals surface area (Å²) in [4.78, 5) is 24.3. The van der Waals surface area contributed by atoms with Gasteiger partial charge in [-0.05, 0) is 128 Å². The van der Waals surface area contributed by atoms with E-state index in [-0.39, 0.29) is 22.2 Å². The molecular formula is C42H44N6O. The molecule has 7 heteroatoms. The zero-order valence-electron chi connectivity index (χ0n) is 30.2. The quantitative estimate of drug-likeness (QED) is 0.190. The van der Waals surface area contributed by atoms with Crippen LogP contribution in [0, 0.1) is 0 Å². The van der Waals surface area contributed by atoms with Crippen molar-refractivity contribution in [2.75, 3.05) is 9.80 Å². The SMILES string of the molecule is CC1=NC(C)(C)C(C)(C)N1c1ccc(-c2cc3oc4cc(-c5ccc(N6C(C)=NC(C)(C)C6(C)C)nc5)ccc4c3c3ccccc23)nc1. The second-order valence-electron chi connectivity index (χ2n) is 15.7. The molecule has 0 spiro atoms. The molecule has 3 aromatic carbocycles. The number of fused-ring (bicyclic) bond motifs is 5. The van der Waals surface area contributed by atoms with Crippen molar-refractivity contribution in [1.29, 1.82) is 0 Å². The van der Waals surface area contributed by atoms with Gasteiger partial charge in [-0.3, -0.25) is 15.0 Å². The molecule has 0 bridgehead atoms. The van der Waals surface area contributed by atoms with Crippen molar-refractivity contribution in [3.05, 3.63) is 85.2 Å². The number of furan rings is 1. The van der Waals surface area contributed by atoms with Crippen LogP contribution in [0.1, 0.15) is 69.2 Å². The summed E-state index contributed by atoms with van der Waals surface area (Å²) >= 11 is 0. The lowest BCUT2D eigenvalue weighted by Crippen LogP contribution is -2.53. The van der Waals surface area contributed by atoms with Crippen LogP contribution >= 0.6 is 0 Å². The maximum atomic E-state index is 6.63. The Labute approximate surface area is 288 Å². The molecule has 0 N–H and O–H groups in total. The zero-order valence-corrected chi connectivity index (χ0v) is 30.2. The molecule has 0 saturated carbocycles. The minimum Gasteiger partial charge on any atom is -0.456 e. The van der Waals surface area contributed by atoms with Gasteiger partial charge in [-0.25, -0.2) is 4.98 Å².